The van der Waals surface area contributed by atoms with Crippen molar-refractivity contribution < 1.29 is 0 Å². The Kier molecular flexibility index (Phi) is 7.47. The number of allylic oxidation sites excluding steroid dienone is 3. The quantitative estimate of drug-likeness (QED) is 0.280. The SMILES string of the molecule is CC(C)(C)C1=CC(C([Si](C)(C)C)[Si](C)(C)C)=C=C(C([Si](C)(C)C)[Si](C)(C)C)[CH]1. The van der Waals surface area contributed by atoms with E-state index in [1.54, 1.807) is 11.1 Å². The zero-order chi connectivity index (χ0) is 22.5. The van der Waals surface area contributed by atoms with Gasteiger partial charge in [-0.25, -0.2) is 0 Å². The van der Waals surface area contributed by atoms with Crippen molar-refractivity contribution in [1.29, 1.82) is 0 Å². The number of rotatable bonds is 6. The molecule has 4 heteroatoms. The Morgan fingerprint density at radius 2 is 0.929 bits per heavy atom. The molecule has 161 valence electrons. The molecular weight excluding hydrogens is 401 g/mol. The molecule has 1 aliphatic rings. The average molecular weight is 450 g/mol. The van der Waals surface area contributed by atoms with Gasteiger partial charge in [0.25, 0.3) is 0 Å². The van der Waals surface area contributed by atoms with Gasteiger partial charge in [0.2, 0.25) is 0 Å². The fraction of sp³-hybridized carbons (Fsp3) is 0.750. The molecule has 1 radical (unpaired) electrons. The minimum atomic E-state index is -1.34. The number of hydrogen-bond donors (Lipinski definition) is 0. The van der Waals surface area contributed by atoms with Gasteiger partial charge < -0.3 is 0 Å². The highest BCUT2D eigenvalue weighted by atomic mass is 28.4. The lowest BCUT2D eigenvalue weighted by Crippen LogP contribution is -2.46. The van der Waals surface area contributed by atoms with Crippen LogP contribution in [0.3, 0.4) is 0 Å². The predicted octanol–water partition coefficient (Wildman–Crippen LogP) is 8.80. The first-order valence-electron chi connectivity index (χ1n) is 11.1. The molecule has 0 unspecified atom stereocenters. The van der Waals surface area contributed by atoms with Crippen molar-refractivity contribution in [2.24, 2.45) is 5.41 Å². The first kappa shape index (κ1) is 26.2. The van der Waals surface area contributed by atoms with Gasteiger partial charge in [0.15, 0.2) is 0 Å². The van der Waals surface area contributed by atoms with Crippen LogP contribution in [-0.2, 0) is 0 Å². The van der Waals surface area contributed by atoms with E-state index in [0.29, 0.717) is 0 Å². The van der Waals surface area contributed by atoms with Gasteiger partial charge in [-0.2, -0.15) is 0 Å². The van der Waals surface area contributed by atoms with Crippen molar-refractivity contribution in [3.05, 3.63) is 34.9 Å². The fourth-order valence-corrected chi connectivity index (χ4v) is 31.0. The summed E-state index contributed by atoms with van der Waals surface area (Å²) in [6.07, 6.45) is 5.10. The lowest BCUT2D eigenvalue weighted by molar-refractivity contribution is 0.508. The smallest absolute Gasteiger partial charge is 0.0501 e. The van der Waals surface area contributed by atoms with Gasteiger partial charge >= 0.3 is 0 Å². The van der Waals surface area contributed by atoms with Gasteiger partial charge in [-0.1, -0.05) is 111 Å². The summed E-state index contributed by atoms with van der Waals surface area (Å²) < 4.78 is 0. The third-order valence-corrected chi connectivity index (χ3v) is 24.4. The van der Waals surface area contributed by atoms with E-state index >= 15 is 0 Å². The van der Waals surface area contributed by atoms with Crippen molar-refractivity contribution in [1.82, 2.24) is 0 Å². The first-order valence-corrected chi connectivity index (χ1v) is 25.4. The van der Waals surface area contributed by atoms with E-state index < -0.39 is 32.3 Å². The molecule has 1 rings (SSSR count). The summed E-state index contributed by atoms with van der Waals surface area (Å²) in [6.45, 7) is 38.0. The maximum absolute atomic E-state index is 4.12. The highest BCUT2D eigenvalue weighted by Crippen LogP contribution is 2.48. The molecule has 0 aromatic heterocycles. The van der Waals surface area contributed by atoms with Crippen LogP contribution < -0.4 is 0 Å². The van der Waals surface area contributed by atoms with Gasteiger partial charge in [0, 0.05) is 22.6 Å². The lowest BCUT2D eigenvalue weighted by Gasteiger charge is -2.43. The average Bonchev–Trinajstić information content (AvgIpc) is 2.29. The van der Waals surface area contributed by atoms with Crippen LogP contribution in [0.1, 0.15) is 20.8 Å². The van der Waals surface area contributed by atoms with E-state index in [0.717, 1.165) is 10.3 Å². The standard InChI is InChI=1S/C24H49Si4/c1-24(2,3)21-17-19(22(25(4,5)6)26(7,8)9)16-20(18-21)23(27(10,11)12)28(13,14)15/h17-18,22-23H,1-15H3. The molecule has 0 saturated heterocycles. The minimum absolute atomic E-state index is 0.186. The Morgan fingerprint density at radius 3 is 1.21 bits per heavy atom. The summed E-state index contributed by atoms with van der Waals surface area (Å²) in [5.74, 6) is 0. The third kappa shape index (κ3) is 6.57. The van der Waals surface area contributed by atoms with Crippen LogP contribution in [0.5, 0.6) is 0 Å². The molecule has 0 atom stereocenters. The normalized spacial score (nSPS) is 17.7. The van der Waals surface area contributed by atoms with E-state index in [4.69, 9.17) is 0 Å². The van der Waals surface area contributed by atoms with Crippen molar-refractivity contribution in [2.75, 3.05) is 0 Å². The van der Waals surface area contributed by atoms with Crippen LogP contribution >= 0.6 is 0 Å². The molecule has 0 N–H and O–H groups in total. The Hall–Kier alpha value is 0.128. The summed E-state index contributed by atoms with van der Waals surface area (Å²) >= 11 is 0. The molecule has 0 aromatic carbocycles. The topological polar surface area (TPSA) is 0 Å². The van der Waals surface area contributed by atoms with Crippen molar-refractivity contribution in [2.45, 2.75) is 110 Å². The molecule has 28 heavy (non-hydrogen) atoms. The summed E-state index contributed by atoms with van der Waals surface area (Å²) in [5.41, 5.74) is 8.95. The third-order valence-electron chi connectivity index (χ3n) is 5.86. The molecule has 0 amide bonds. The molecule has 1 aliphatic carbocycles. The highest BCUT2D eigenvalue weighted by Gasteiger charge is 2.44. The highest BCUT2D eigenvalue weighted by molar-refractivity contribution is 6.98. The Morgan fingerprint density at radius 1 is 0.607 bits per heavy atom. The molecule has 0 fully saturated rings. The molecule has 0 aromatic rings. The molecule has 0 spiro atoms. The monoisotopic (exact) mass is 449 g/mol. The van der Waals surface area contributed by atoms with Crippen LogP contribution in [0, 0.1) is 11.8 Å². The summed E-state index contributed by atoms with van der Waals surface area (Å²) in [5, 5.41) is 1.51. The Labute approximate surface area is 182 Å². The van der Waals surface area contributed by atoms with Crippen LogP contribution in [0.15, 0.2) is 28.5 Å². The largest absolute Gasteiger partial charge is 0.118 e. The zero-order valence-corrected chi connectivity index (χ0v) is 25.8. The minimum Gasteiger partial charge on any atom is -0.118 e. The molecule has 0 nitrogen and oxygen atoms in total. The van der Waals surface area contributed by atoms with Crippen LogP contribution in [0.4, 0.5) is 0 Å². The molecular formula is C24H49Si4. The maximum Gasteiger partial charge on any atom is 0.0501 e. The van der Waals surface area contributed by atoms with E-state index in [2.05, 4.69) is 118 Å². The second-order valence-electron chi connectivity index (χ2n) is 14.4. The van der Waals surface area contributed by atoms with Crippen LogP contribution in [0.25, 0.3) is 0 Å². The fourth-order valence-electron chi connectivity index (χ4n) is 5.82. The number of hydrogen-bond acceptors (Lipinski definition) is 0. The summed E-state index contributed by atoms with van der Waals surface area (Å²) in [6, 6.07) is 0. The van der Waals surface area contributed by atoms with Crippen molar-refractivity contribution in [3.63, 3.8) is 0 Å². The second-order valence-corrected chi connectivity index (χ2v) is 36.8. The van der Waals surface area contributed by atoms with E-state index in [-0.39, 0.29) is 5.41 Å². The summed E-state index contributed by atoms with van der Waals surface area (Å²) in [4.78, 5) is 0. The van der Waals surface area contributed by atoms with Crippen molar-refractivity contribution >= 4 is 32.3 Å². The van der Waals surface area contributed by atoms with Gasteiger partial charge in [-0.15, -0.1) is 5.73 Å². The van der Waals surface area contributed by atoms with E-state index in [9.17, 15) is 0 Å². The molecule has 0 saturated carbocycles. The van der Waals surface area contributed by atoms with Crippen LogP contribution in [0.2, 0.25) is 88.9 Å². The van der Waals surface area contributed by atoms with E-state index in [1.807, 2.05) is 0 Å². The Bertz CT molecular complexity index is 643. The van der Waals surface area contributed by atoms with Gasteiger partial charge in [-0.05, 0) is 26.9 Å². The second kappa shape index (κ2) is 8.00. The maximum atomic E-state index is 4.12. The van der Waals surface area contributed by atoms with Crippen molar-refractivity contribution in [3.8, 4) is 0 Å². The predicted molar refractivity (Wildman–Crippen MR) is 143 cm³/mol. The van der Waals surface area contributed by atoms with Crippen LogP contribution in [-0.4, -0.2) is 32.3 Å². The lowest BCUT2D eigenvalue weighted by atomic mass is 9.80. The molecule has 0 aliphatic heterocycles. The summed E-state index contributed by atoms with van der Waals surface area (Å²) in [7, 11) is -5.37. The molecule has 0 bridgehead atoms. The van der Waals surface area contributed by atoms with Gasteiger partial charge in [0.1, 0.15) is 0 Å². The first-order chi connectivity index (χ1) is 12.1. The molecule has 0 heterocycles. The van der Waals surface area contributed by atoms with Gasteiger partial charge in [-0.3, -0.25) is 0 Å². The van der Waals surface area contributed by atoms with Gasteiger partial charge in [0.05, 0.1) is 16.1 Å². The van der Waals surface area contributed by atoms with E-state index in [1.165, 1.54) is 5.57 Å². The zero-order valence-electron chi connectivity index (χ0n) is 21.8. The Balaban J connectivity index is 3.87.